The number of anilines is 1. The fourth-order valence-corrected chi connectivity index (χ4v) is 5.76. The number of aromatic nitrogens is 2. The number of allylic oxidation sites excluding steroid dienone is 2. The fourth-order valence-electron chi connectivity index (χ4n) is 4.68. The summed E-state index contributed by atoms with van der Waals surface area (Å²) in [6.07, 6.45) is 1.14. The third-order valence-corrected chi connectivity index (χ3v) is 7.67. The van der Waals surface area contributed by atoms with Crippen LogP contribution in [-0.2, 0) is 10.5 Å². The molecular weight excluding hydrogens is 517 g/mol. The van der Waals surface area contributed by atoms with Crippen LogP contribution in [0.5, 0.6) is 0 Å². The van der Waals surface area contributed by atoms with E-state index in [-0.39, 0.29) is 22.6 Å². The Hall–Kier alpha value is -2.71. The van der Waals surface area contributed by atoms with Crippen LogP contribution in [0.2, 0.25) is 0 Å². The first kappa shape index (κ1) is 23.1. The highest BCUT2D eigenvalue weighted by molar-refractivity contribution is 9.10. The largest absolute Gasteiger partial charge is 0.343 e. The molecule has 0 bridgehead atoms. The third-order valence-electron chi connectivity index (χ3n) is 6.19. The average Bonchev–Trinajstić information content (AvgIpc) is 2.77. The van der Waals surface area contributed by atoms with Gasteiger partial charge in [-0.2, -0.15) is 0 Å². The minimum Gasteiger partial charge on any atom is -0.343 e. The minimum absolute atomic E-state index is 0.0616. The predicted octanol–water partition coefficient (Wildman–Crippen LogP) is 6.16. The highest BCUT2D eigenvalue weighted by Crippen LogP contribution is 2.47. The second-order valence-corrected chi connectivity index (χ2v) is 11.4. The van der Waals surface area contributed by atoms with Crippen molar-refractivity contribution in [2.24, 2.45) is 5.41 Å². The molecule has 1 atom stereocenters. The van der Waals surface area contributed by atoms with E-state index >= 15 is 0 Å². The van der Waals surface area contributed by atoms with Crippen molar-refractivity contribution in [3.63, 3.8) is 0 Å². The highest BCUT2D eigenvalue weighted by atomic mass is 79.9. The number of benzene rings is 2. The maximum Gasteiger partial charge on any atom is 0.257 e. The second-order valence-electron chi connectivity index (χ2n) is 9.49. The molecule has 0 fully saturated rings. The lowest BCUT2D eigenvalue weighted by Crippen LogP contribution is -2.37. The number of fused-ring (bicyclic) bond motifs is 1. The summed E-state index contributed by atoms with van der Waals surface area (Å²) in [4.78, 5) is 34.3. The smallest absolute Gasteiger partial charge is 0.257 e. The molecule has 0 saturated heterocycles. The molecule has 174 valence electrons. The van der Waals surface area contributed by atoms with Crippen molar-refractivity contribution in [3.8, 4) is 0 Å². The number of halogens is 2. The van der Waals surface area contributed by atoms with Gasteiger partial charge in [0.1, 0.15) is 11.6 Å². The van der Waals surface area contributed by atoms with Crippen LogP contribution >= 0.6 is 27.7 Å². The number of Topliss-reactive ketones (excluding diaryl/α,β-unsaturated/α-hetero) is 1. The first-order valence-corrected chi connectivity index (χ1v) is 12.8. The minimum atomic E-state index is -0.477. The van der Waals surface area contributed by atoms with Gasteiger partial charge in [-0.1, -0.05) is 65.8 Å². The summed E-state index contributed by atoms with van der Waals surface area (Å²) in [5.74, 6) is 0.327. The van der Waals surface area contributed by atoms with Gasteiger partial charge in [0.25, 0.3) is 5.56 Å². The number of nitrogens with one attached hydrogen (secondary N) is 2. The Morgan fingerprint density at radius 2 is 1.79 bits per heavy atom. The number of nitrogens with zero attached hydrogens (tertiary/aromatic N) is 1. The topological polar surface area (TPSA) is 74.8 Å². The zero-order valence-electron chi connectivity index (χ0n) is 18.7. The Bertz CT molecular complexity index is 1360. The number of ketones is 1. The number of hydrogen-bond donors (Lipinski definition) is 2. The van der Waals surface area contributed by atoms with E-state index in [9.17, 15) is 14.0 Å². The first-order valence-electron chi connectivity index (χ1n) is 11.0. The van der Waals surface area contributed by atoms with Gasteiger partial charge in [0.2, 0.25) is 0 Å². The van der Waals surface area contributed by atoms with Gasteiger partial charge >= 0.3 is 0 Å². The van der Waals surface area contributed by atoms with Crippen molar-refractivity contribution in [2.45, 2.75) is 43.5 Å². The first-order chi connectivity index (χ1) is 16.2. The zero-order chi connectivity index (χ0) is 24.0. The summed E-state index contributed by atoms with van der Waals surface area (Å²) < 4.78 is 14.1. The lowest BCUT2D eigenvalue weighted by Gasteiger charge is -2.38. The Labute approximate surface area is 209 Å². The molecule has 0 saturated carbocycles. The molecule has 3 aromatic rings. The summed E-state index contributed by atoms with van der Waals surface area (Å²) in [6.45, 7) is 4.16. The van der Waals surface area contributed by atoms with Gasteiger partial charge in [-0.05, 0) is 47.2 Å². The number of hydrogen-bond acceptors (Lipinski definition) is 5. The van der Waals surface area contributed by atoms with Crippen molar-refractivity contribution in [1.82, 2.24) is 9.97 Å². The van der Waals surface area contributed by atoms with E-state index in [1.54, 1.807) is 12.1 Å². The third kappa shape index (κ3) is 4.49. The van der Waals surface area contributed by atoms with Crippen LogP contribution in [-0.4, -0.2) is 15.8 Å². The van der Waals surface area contributed by atoms with E-state index in [1.165, 1.54) is 23.9 Å². The molecule has 2 aliphatic rings. The number of carbonyl (C=O) groups is 1. The molecule has 2 heterocycles. The Morgan fingerprint density at radius 3 is 2.50 bits per heavy atom. The molecule has 1 aromatic heterocycles. The van der Waals surface area contributed by atoms with E-state index in [1.807, 2.05) is 24.3 Å². The summed E-state index contributed by atoms with van der Waals surface area (Å²) >= 11 is 4.84. The standard InChI is InChI=1S/C26H23BrFN3O2S/c1-26(2)11-18-21(19(32)12-26)20(15-5-7-16(27)8-6-15)22-23(29-18)30-25(31-24(22)33)34-13-14-3-9-17(28)10-4-14/h3-10,20H,11-13H2,1-2H3,(H2,29,30,31,33). The SMILES string of the molecule is CC1(C)CC(=O)C2=C(C1)Nc1nc(SCc3ccc(F)cc3)[nH]c(=O)c1C2c1ccc(Br)cc1. The molecule has 0 radical (unpaired) electrons. The van der Waals surface area contributed by atoms with Crippen LogP contribution < -0.4 is 10.9 Å². The van der Waals surface area contributed by atoms with E-state index in [4.69, 9.17) is 4.98 Å². The van der Waals surface area contributed by atoms with Gasteiger partial charge in [0.15, 0.2) is 10.9 Å². The van der Waals surface area contributed by atoms with Crippen molar-refractivity contribution in [3.05, 3.63) is 97.1 Å². The van der Waals surface area contributed by atoms with Gasteiger partial charge in [0, 0.05) is 33.8 Å². The second kappa shape index (κ2) is 8.82. The molecule has 8 heteroatoms. The number of H-pyrrole nitrogens is 1. The molecule has 5 rings (SSSR count). The van der Waals surface area contributed by atoms with E-state index in [0.29, 0.717) is 40.7 Å². The molecule has 2 aromatic carbocycles. The van der Waals surface area contributed by atoms with Crippen molar-refractivity contribution in [1.29, 1.82) is 0 Å². The number of aromatic amines is 1. The van der Waals surface area contributed by atoms with Crippen LogP contribution in [0.4, 0.5) is 10.2 Å². The van der Waals surface area contributed by atoms with Gasteiger partial charge in [-0.15, -0.1) is 0 Å². The number of rotatable bonds is 4. The van der Waals surface area contributed by atoms with Crippen LogP contribution in [0, 0.1) is 11.2 Å². The summed E-state index contributed by atoms with van der Waals surface area (Å²) in [5, 5.41) is 3.81. The molecule has 1 aliphatic carbocycles. The molecule has 0 amide bonds. The van der Waals surface area contributed by atoms with Crippen molar-refractivity contribution < 1.29 is 9.18 Å². The zero-order valence-corrected chi connectivity index (χ0v) is 21.1. The summed E-state index contributed by atoms with van der Waals surface area (Å²) in [5.41, 5.74) is 3.33. The van der Waals surface area contributed by atoms with Crippen molar-refractivity contribution in [2.75, 3.05) is 5.32 Å². The van der Waals surface area contributed by atoms with Crippen LogP contribution in [0.15, 0.2) is 74.2 Å². The highest BCUT2D eigenvalue weighted by Gasteiger charge is 2.42. The quantitative estimate of drug-likeness (QED) is 0.306. The van der Waals surface area contributed by atoms with E-state index < -0.39 is 5.92 Å². The normalized spacial score (nSPS) is 18.8. The van der Waals surface area contributed by atoms with Crippen LogP contribution in [0.1, 0.15) is 49.3 Å². The lowest BCUT2D eigenvalue weighted by molar-refractivity contribution is -0.118. The predicted molar refractivity (Wildman–Crippen MR) is 135 cm³/mol. The molecule has 1 unspecified atom stereocenters. The molecule has 2 N–H and O–H groups in total. The van der Waals surface area contributed by atoms with Gasteiger partial charge < -0.3 is 10.3 Å². The van der Waals surface area contributed by atoms with Crippen molar-refractivity contribution >= 4 is 39.3 Å². The molecule has 5 nitrogen and oxygen atoms in total. The van der Waals surface area contributed by atoms with Gasteiger partial charge in [0.05, 0.1) is 5.56 Å². The van der Waals surface area contributed by atoms with E-state index in [0.717, 1.165) is 21.3 Å². The van der Waals surface area contributed by atoms with Gasteiger partial charge in [-0.25, -0.2) is 9.37 Å². The molecule has 34 heavy (non-hydrogen) atoms. The number of thioether (sulfide) groups is 1. The maximum absolute atomic E-state index is 13.4. The molecule has 1 aliphatic heterocycles. The maximum atomic E-state index is 13.4. The van der Waals surface area contributed by atoms with Gasteiger partial charge in [-0.3, -0.25) is 9.59 Å². The number of carbonyl (C=O) groups excluding carboxylic acids is 1. The summed E-state index contributed by atoms with van der Waals surface area (Å²) in [7, 11) is 0. The molecule has 0 spiro atoms. The lowest BCUT2D eigenvalue weighted by atomic mass is 9.69. The fraction of sp³-hybridized carbons (Fsp3) is 0.269. The average molecular weight is 540 g/mol. The van der Waals surface area contributed by atoms with E-state index in [2.05, 4.69) is 40.1 Å². The molecular formula is C26H23BrFN3O2S. The monoisotopic (exact) mass is 539 g/mol. The Morgan fingerprint density at radius 1 is 1.09 bits per heavy atom. The summed E-state index contributed by atoms with van der Waals surface area (Å²) in [6, 6.07) is 14.0. The van der Waals surface area contributed by atoms with Crippen LogP contribution in [0.25, 0.3) is 0 Å². The Balaban J connectivity index is 1.57. The van der Waals surface area contributed by atoms with Crippen LogP contribution in [0.3, 0.4) is 0 Å². The Kier molecular flexibility index (Phi) is 5.98.